The minimum absolute atomic E-state index is 0.0802. The van der Waals surface area contributed by atoms with Gasteiger partial charge in [0.1, 0.15) is 36.3 Å². The summed E-state index contributed by atoms with van der Waals surface area (Å²) >= 11 is 0. The van der Waals surface area contributed by atoms with Crippen LogP contribution in [-0.4, -0.2) is 126 Å². The summed E-state index contributed by atoms with van der Waals surface area (Å²) < 4.78 is 0. The summed E-state index contributed by atoms with van der Waals surface area (Å²) in [5.41, 5.74) is 16.0. The molecule has 0 aromatic heterocycles. The van der Waals surface area contributed by atoms with Crippen molar-refractivity contribution in [3.05, 3.63) is 25.3 Å². The Kier molecular flexibility index (Phi) is 22.2. The third-order valence-corrected chi connectivity index (χ3v) is 8.95. The second-order valence-corrected chi connectivity index (χ2v) is 14.3. The number of likely N-dealkylation sites (tertiary alicyclic amines) is 1. The lowest BCUT2D eigenvalue weighted by Crippen LogP contribution is -2.57. The Balaban J connectivity index is 2.94. The number of nitrogens with two attached hydrogens (primary N) is 3. The summed E-state index contributed by atoms with van der Waals surface area (Å²) in [5.74, 6) is -8.43. The molecule has 0 unspecified atom stereocenters. The van der Waals surface area contributed by atoms with E-state index in [2.05, 4.69) is 50.4 Å². The Morgan fingerprint density at radius 2 is 1.36 bits per heavy atom. The second kappa shape index (κ2) is 25.8. The quantitative estimate of drug-likeness (QED) is 0.0280. The average molecular weight is 834 g/mol. The predicted molar refractivity (Wildman–Crippen MR) is 211 cm³/mol. The maximum absolute atomic E-state index is 13.4. The zero-order chi connectivity index (χ0) is 44.8. The normalized spacial score (nSPS) is 15.8. The van der Waals surface area contributed by atoms with Gasteiger partial charge in [-0.1, -0.05) is 27.0 Å². The van der Waals surface area contributed by atoms with Gasteiger partial charge >= 0.3 is 0 Å². The maximum atomic E-state index is 13.4. The van der Waals surface area contributed by atoms with Gasteiger partial charge < -0.3 is 59.3 Å². The van der Waals surface area contributed by atoms with Gasteiger partial charge in [0.05, 0.1) is 13.0 Å². The van der Waals surface area contributed by atoms with Gasteiger partial charge in [-0.2, -0.15) is 0 Å². The summed E-state index contributed by atoms with van der Waals surface area (Å²) in [6.07, 6.45) is 2.58. The molecule has 0 aliphatic carbocycles. The van der Waals surface area contributed by atoms with Crippen molar-refractivity contribution in [2.45, 2.75) is 115 Å². The number of unbranched alkanes of at least 4 members (excludes halogenated alkanes) is 1. The van der Waals surface area contributed by atoms with Crippen LogP contribution >= 0.6 is 0 Å². The first-order chi connectivity index (χ1) is 27.7. The van der Waals surface area contributed by atoms with Crippen molar-refractivity contribution in [1.82, 2.24) is 42.1 Å². The molecule has 59 heavy (non-hydrogen) atoms. The lowest BCUT2D eigenvalue weighted by molar-refractivity contribution is -0.142. The smallest absolute Gasteiger partial charge is 0.246 e. The molecule has 0 saturated carbocycles. The molecule has 0 bridgehead atoms. The molecule has 1 fully saturated rings. The van der Waals surface area contributed by atoms with Gasteiger partial charge in [-0.15, -0.1) is 0 Å². The van der Waals surface area contributed by atoms with Crippen LogP contribution in [0.25, 0.3) is 0 Å². The Hall–Kier alpha value is -6.35. The lowest BCUT2D eigenvalue weighted by atomic mass is 10.0. The van der Waals surface area contributed by atoms with E-state index in [1.165, 1.54) is 6.92 Å². The van der Waals surface area contributed by atoms with Crippen molar-refractivity contribution < 1.29 is 52.7 Å². The van der Waals surface area contributed by atoms with Crippen molar-refractivity contribution >= 4 is 65.0 Å². The molecule has 0 radical (unpaired) electrons. The van der Waals surface area contributed by atoms with E-state index in [1.54, 1.807) is 13.8 Å². The van der Waals surface area contributed by atoms with Crippen LogP contribution in [0.2, 0.25) is 0 Å². The van der Waals surface area contributed by atoms with Gasteiger partial charge in [-0.05, 0) is 69.9 Å². The fourth-order valence-corrected chi connectivity index (χ4v) is 5.92. The van der Waals surface area contributed by atoms with E-state index in [0.717, 1.165) is 17.1 Å². The van der Waals surface area contributed by atoms with Crippen LogP contribution in [0.1, 0.15) is 78.6 Å². The highest BCUT2D eigenvalue weighted by Crippen LogP contribution is 2.20. The summed E-state index contributed by atoms with van der Waals surface area (Å²) in [6.45, 7) is 11.3. The fourth-order valence-electron chi connectivity index (χ4n) is 5.92. The van der Waals surface area contributed by atoms with Crippen LogP contribution in [-0.2, 0) is 52.7 Å². The van der Waals surface area contributed by atoms with Crippen LogP contribution in [0, 0.1) is 5.92 Å². The fraction of sp³-hybridized carbons (Fsp3) is 0.595. The van der Waals surface area contributed by atoms with Crippen molar-refractivity contribution in [2.24, 2.45) is 23.1 Å². The molecule has 6 atom stereocenters. The van der Waals surface area contributed by atoms with Gasteiger partial charge in [-0.3, -0.25) is 52.7 Å². The SMILES string of the molecule is C=CC(=O)NCCCC[C@H](NC(=O)[C@H](C)NC(=O)[C@H](CC(C)C)NC(=O)CNC(=O)[C@H](CCC(N)=O)NC(=O)[C@H]1CCCN1C(=O)[C@H](CC(N)=O)NC(=O)C=C)C(N)=O. The average Bonchev–Trinajstić information content (AvgIpc) is 3.66. The monoisotopic (exact) mass is 833 g/mol. The summed E-state index contributed by atoms with van der Waals surface area (Å²) in [4.78, 5) is 139. The van der Waals surface area contributed by atoms with Crippen LogP contribution < -0.4 is 54.4 Å². The first-order valence-corrected chi connectivity index (χ1v) is 19.2. The third-order valence-electron chi connectivity index (χ3n) is 8.95. The van der Waals surface area contributed by atoms with Gasteiger partial charge in [0.2, 0.25) is 65.0 Å². The standard InChI is InChI=1S/C37H59N11O11/c1-6-29(51)41-15-9-8-11-22(32(40)54)46-33(55)21(5)43-35(57)24(17-20(3)4)44-31(53)19-42-34(56)23(13-14-27(38)49)47-36(58)26-12-10-16-48(26)37(59)25(18-28(39)50)45-30(52)7-2/h6-7,20-26H,1-2,8-19H2,3-5H3,(H2,38,49)(H2,39,50)(H2,40,54)(H,41,51)(H,42,56)(H,43,57)(H,44,53)(H,45,52)(H,46,55)(H,47,58)/t21-,22-,23-,24-,25-,26+/m0/s1. The number of primary amides is 3. The lowest BCUT2D eigenvalue weighted by Gasteiger charge is -2.29. The number of carbonyl (C=O) groups is 11. The van der Waals surface area contributed by atoms with Crippen molar-refractivity contribution in [3.63, 3.8) is 0 Å². The van der Waals surface area contributed by atoms with E-state index in [0.29, 0.717) is 25.8 Å². The number of nitrogens with zero attached hydrogens (tertiary/aromatic N) is 1. The molecule has 0 aromatic carbocycles. The number of hydrogen-bond donors (Lipinski definition) is 10. The summed E-state index contributed by atoms with van der Waals surface area (Å²) in [5, 5.41) is 17.3. The molecule has 1 saturated heterocycles. The van der Waals surface area contributed by atoms with Crippen LogP contribution in [0.15, 0.2) is 25.3 Å². The molecule has 1 aliphatic rings. The van der Waals surface area contributed by atoms with Crippen molar-refractivity contribution in [2.75, 3.05) is 19.6 Å². The number of rotatable bonds is 27. The first kappa shape index (κ1) is 50.7. The molecule has 1 rings (SSSR count). The zero-order valence-corrected chi connectivity index (χ0v) is 33.8. The molecule has 328 valence electrons. The molecule has 22 heteroatoms. The van der Waals surface area contributed by atoms with E-state index in [1.807, 2.05) is 0 Å². The number of nitrogens with one attached hydrogen (secondary N) is 7. The highest BCUT2D eigenvalue weighted by Gasteiger charge is 2.39. The first-order valence-electron chi connectivity index (χ1n) is 19.2. The topological polar surface area (TPSA) is 353 Å². The molecule has 0 spiro atoms. The predicted octanol–water partition coefficient (Wildman–Crippen LogP) is -4.13. The Morgan fingerprint density at radius 3 is 1.93 bits per heavy atom. The van der Waals surface area contributed by atoms with E-state index in [-0.39, 0.29) is 50.5 Å². The van der Waals surface area contributed by atoms with E-state index < -0.39 is 108 Å². The minimum Gasteiger partial charge on any atom is -0.370 e. The van der Waals surface area contributed by atoms with E-state index in [9.17, 15) is 52.7 Å². The maximum Gasteiger partial charge on any atom is 0.246 e. The van der Waals surface area contributed by atoms with E-state index >= 15 is 0 Å². The molecular weight excluding hydrogens is 774 g/mol. The third kappa shape index (κ3) is 19.1. The van der Waals surface area contributed by atoms with Crippen LogP contribution in [0.3, 0.4) is 0 Å². The largest absolute Gasteiger partial charge is 0.370 e. The molecule has 13 N–H and O–H groups in total. The van der Waals surface area contributed by atoms with Gasteiger partial charge in [0.15, 0.2) is 0 Å². The Labute approximate surface area is 342 Å². The number of amides is 11. The molecule has 1 aliphatic heterocycles. The minimum atomic E-state index is -1.40. The van der Waals surface area contributed by atoms with Crippen LogP contribution in [0.5, 0.6) is 0 Å². The van der Waals surface area contributed by atoms with Crippen molar-refractivity contribution in [3.8, 4) is 0 Å². The number of carbonyl (C=O) groups excluding carboxylic acids is 11. The summed E-state index contributed by atoms with van der Waals surface area (Å²) in [7, 11) is 0. The molecule has 1 heterocycles. The Bertz CT molecular complexity index is 1600. The number of hydrogen-bond acceptors (Lipinski definition) is 11. The molecule has 0 aromatic rings. The van der Waals surface area contributed by atoms with Gasteiger partial charge in [-0.25, -0.2) is 0 Å². The zero-order valence-electron chi connectivity index (χ0n) is 33.8. The molecular formula is C37H59N11O11. The van der Waals surface area contributed by atoms with Crippen molar-refractivity contribution in [1.29, 1.82) is 0 Å². The second-order valence-electron chi connectivity index (χ2n) is 14.3. The highest BCUT2D eigenvalue weighted by atomic mass is 16.2. The van der Waals surface area contributed by atoms with E-state index in [4.69, 9.17) is 17.2 Å². The molecule has 11 amide bonds. The molecule has 22 nitrogen and oxygen atoms in total. The van der Waals surface area contributed by atoms with Gasteiger partial charge in [0, 0.05) is 19.5 Å². The van der Waals surface area contributed by atoms with Gasteiger partial charge in [0.25, 0.3) is 0 Å². The Morgan fingerprint density at radius 1 is 0.695 bits per heavy atom. The summed E-state index contributed by atoms with van der Waals surface area (Å²) in [6, 6.07) is -7.31. The highest BCUT2D eigenvalue weighted by molar-refractivity contribution is 5.99. The van der Waals surface area contributed by atoms with Crippen LogP contribution in [0.4, 0.5) is 0 Å².